The zero-order chi connectivity index (χ0) is 15.3. The van der Waals surface area contributed by atoms with Gasteiger partial charge in [-0.05, 0) is 39.2 Å². The number of hydrogen-bond acceptors (Lipinski definition) is 4. The fourth-order valence-corrected chi connectivity index (χ4v) is 1.92. The monoisotopic (exact) mass is 299 g/mol. The summed E-state index contributed by atoms with van der Waals surface area (Å²) in [6.07, 6.45) is 0.838. The van der Waals surface area contributed by atoms with Crippen LogP contribution in [0.2, 0.25) is 5.02 Å². The average Bonchev–Trinajstić information content (AvgIpc) is 2.37. The van der Waals surface area contributed by atoms with E-state index in [9.17, 15) is 14.9 Å². The highest BCUT2D eigenvalue weighted by atomic mass is 35.5. The SMILES string of the molecule is CN(C)CCCN(C)C(=O)c1ccc(Cl)c([N+](=O)[O-])c1. The molecule has 0 saturated heterocycles. The van der Waals surface area contributed by atoms with Crippen molar-refractivity contribution in [3.63, 3.8) is 0 Å². The minimum atomic E-state index is -0.592. The Labute approximate surface area is 123 Å². The molecule has 1 aromatic carbocycles. The standard InChI is InChI=1S/C13H18ClN3O3/c1-15(2)7-4-8-16(3)13(18)10-5-6-11(14)12(9-10)17(19)20/h5-6,9H,4,7-8H2,1-3H3. The van der Waals surface area contributed by atoms with Gasteiger partial charge in [-0.1, -0.05) is 11.6 Å². The highest BCUT2D eigenvalue weighted by Gasteiger charge is 2.18. The smallest absolute Gasteiger partial charge is 0.288 e. The molecule has 7 heteroatoms. The summed E-state index contributed by atoms with van der Waals surface area (Å²) in [5.41, 5.74) is 0.0210. The number of halogens is 1. The van der Waals surface area contributed by atoms with Gasteiger partial charge in [0.15, 0.2) is 0 Å². The quantitative estimate of drug-likeness (QED) is 0.597. The number of nitro groups is 1. The molecular formula is C13H18ClN3O3. The van der Waals surface area contributed by atoms with Crippen LogP contribution in [0.4, 0.5) is 5.69 Å². The number of carbonyl (C=O) groups excluding carboxylic acids is 1. The van der Waals surface area contributed by atoms with E-state index in [-0.39, 0.29) is 22.2 Å². The Hall–Kier alpha value is -1.66. The van der Waals surface area contributed by atoms with Crippen molar-refractivity contribution in [2.24, 2.45) is 0 Å². The second-order valence-corrected chi connectivity index (χ2v) is 5.21. The molecule has 0 aliphatic heterocycles. The first-order chi connectivity index (χ1) is 9.32. The summed E-state index contributed by atoms with van der Waals surface area (Å²) in [5, 5.41) is 10.8. The fourth-order valence-electron chi connectivity index (χ4n) is 1.73. The van der Waals surface area contributed by atoms with Gasteiger partial charge in [-0.15, -0.1) is 0 Å². The molecule has 0 aromatic heterocycles. The number of hydrogen-bond donors (Lipinski definition) is 0. The Morgan fingerprint density at radius 2 is 1.95 bits per heavy atom. The van der Waals surface area contributed by atoms with Gasteiger partial charge in [-0.25, -0.2) is 0 Å². The molecule has 110 valence electrons. The lowest BCUT2D eigenvalue weighted by atomic mass is 10.1. The molecule has 0 radical (unpaired) electrons. The third kappa shape index (κ3) is 4.47. The minimum Gasteiger partial charge on any atom is -0.342 e. The molecule has 0 atom stereocenters. The highest BCUT2D eigenvalue weighted by Crippen LogP contribution is 2.25. The van der Waals surface area contributed by atoms with Crippen molar-refractivity contribution in [2.75, 3.05) is 34.2 Å². The maximum Gasteiger partial charge on any atom is 0.288 e. The molecule has 0 N–H and O–H groups in total. The fraction of sp³-hybridized carbons (Fsp3) is 0.462. The summed E-state index contributed by atoms with van der Waals surface area (Å²) < 4.78 is 0. The molecule has 0 aliphatic rings. The van der Waals surface area contributed by atoms with Crippen molar-refractivity contribution in [2.45, 2.75) is 6.42 Å². The van der Waals surface area contributed by atoms with Crippen LogP contribution >= 0.6 is 11.6 Å². The van der Waals surface area contributed by atoms with Gasteiger partial charge < -0.3 is 9.80 Å². The van der Waals surface area contributed by atoms with E-state index in [0.29, 0.717) is 6.54 Å². The van der Waals surface area contributed by atoms with Crippen LogP contribution in [0.5, 0.6) is 0 Å². The maximum atomic E-state index is 12.2. The van der Waals surface area contributed by atoms with Crippen LogP contribution in [-0.4, -0.2) is 54.9 Å². The van der Waals surface area contributed by atoms with Gasteiger partial charge in [0.25, 0.3) is 11.6 Å². The van der Waals surface area contributed by atoms with Crippen LogP contribution in [0.15, 0.2) is 18.2 Å². The van der Waals surface area contributed by atoms with Crippen molar-refractivity contribution < 1.29 is 9.72 Å². The van der Waals surface area contributed by atoms with E-state index in [2.05, 4.69) is 0 Å². The van der Waals surface area contributed by atoms with Crippen LogP contribution in [0.1, 0.15) is 16.8 Å². The third-order valence-electron chi connectivity index (χ3n) is 2.84. The third-order valence-corrected chi connectivity index (χ3v) is 3.15. The highest BCUT2D eigenvalue weighted by molar-refractivity contribution is 6.32. The van der Waals surface area contributed by atoms with Crippen molar-refractivity contribution in [1.82, 2.24) is 9.80 Å². The molecule has 1 amide bonds. The number of nitrogens with zero attached hydrogens (tertiary/aromatic N) is 3. The molecule has 0 fully saturated rings. The molecule has 1 aromatic rings. The average molecular weight is 300 g/mol. The van der Waals surface area contributed by atoms with Crippen molar-refractivity contribution in [3.8, 4) is 0 Å². The van der Waals surface area contributed by atoms with Crippen LogP contribution in [-0.2, 0) is 0 Å². The van der Waals surface area contributed by atoms with Crippen LogP contribution in [0.3, 0.4) is 0 Å². The molecule has 0 unspecified atom stereocenters. The van der Waals surface area contributed by atoms with E-state index < -0.39 is 4.92 Å². The predicted octanol–water partition coefficient (Wildman–Crippen LogP) is 2.27. The molecule has 0 saturated carbocycles. The lowest BCUT2D eigenvalue weighted by Crippen LogP contribution is -2.29. The Morgan fingerprint density at radius 3 is 2.50 bits per heavy atom. The Kier molecular flexibility index (Phi) is 5.91. The summed E-state index contributed by atoms with van der Waals surface area (Å²) in [6, 6.07) is 4.09. The van der Waals surface area contributed by atoms with E-state index in [1.54, 1.807) is 11.9 Å². The normalized spacial score (nSPS) is 10.7. The summed E-state index contributed by atoms with van der Waals surface area (Å²) in [6.45, 7) is 1.46. The zero-order valence-corrected chi connectivity index (χ0v) is 12.6. The summed E-state index contributed by atoms with van der Waals surface area (Å²) in [5.74, 6) is -0.247. The van der Waals surface area contributed by atoms with Gasteiger partial charge >= 0.3 is 0 Å². The van der Waals surface area contributed by atoms with Gasteiger partial charge in [-0.3, -0.25) is 14.9 Å². The second-order valence-electron chi connectivity index (χ2n) is 4.81. The first-order valence-corrected chi connectivity index (χ1v) is 6.55. The van der Waals surface area contributed by atoms with Crippen molar-refractivity contribution in [1.29, 1.82) is 0 Å². The van der Waals surface area contributed by atoms with Crippen LogP contribution in [0.25, 0.3) is 0 Å². The van der Waals surface area contributed by atoms with E-state index in [4.69, 9.17) is 11.6 Å². The van der Waals surface area contributed by atoms with Gasteiger partial charge in [0.05, 0.1) is 4.92 Å². The number of rotatable bonds is 6. The van der Waals surface area contributed by atoms with E-state index in [0.717, 1.165) is 13.0 Å². The topological polar surface area (TPSA) is 66.7 Å². The van der Waals surface area contributed by atoms with Gasteiger partial charge in [0, 0.05) is 25.2 Å². The molecule has 0 spiro atoms. The second kappa shape index (κ2) is 7.21. The van der Waals surface area contributed by atoms with Gasteiger partial charge in [0.2, 0.25) is 0 Å². The minimum absolute atomic E-state index is 0.0295. The number of carbonyl (C=O) groups is 1. The Morgan fingerprint density at radius 1 is 1.30 bits per heavy atom. The Bertz CT molecular complexity index is 506. The summed E-state index contributed by atoms with van der Waals surface area (Å²) >= 11 is 5.72. The molecule has 0 heterocycles. The van der Waals surface area contributed by atoms with Crippen molar-refractivity contribution in [3.05, 3.63) is 38.9 Å². The van der Waals surface area contributed by atoms with Crippen LogP contribution in [0, 0.1) is 10.1 Å². The largest absolute Gasteiger partial charge is 0.342 e. The number of amides is 1. The lowest BCUT2D eigenvalue weighted by molar-refractivity contribution is -0.384. The number of nitro benzene ring substituents is 1. The molecular weight excluding hydrogens is 282 g/mol. The molecule has 0 bridgehead atoms. The number of benzene rings is 1. The van der Waals surface area contributed by atoms with Gasteiger partial charge in [-0.2, -0.15) is 0 Å². The first-order valence-electron chi connectivity index (χ1n) is 6.17. The predicted molar refractivity (Wildman–Crippen MR) is 78.2 cm³/mol. The Balaban J connectivity index is 2.76. The molecule has 1 rings (SSSR count). The van der Waals surface area contributed by atoms with E-state index in [1.807, 2.05) is 19.0 Å². The lowest BCUT2D eigenvalue weighted by Gasteiger charge is -2.18. The van der Waals surface area contributed by atoms with Gasteiger partial charge in [0.1, 0.15) is 5.02 Å². The zero-order valence-electron chi connectivity index (χ0n) is 11.8. The first kappa shape index (κ1) is 16.4. The van der Waals surface area contributed by atoms with E-state index >= 15 is 0 Å². The van der Waals surface area contributed by atoms with E-state index in [1.165, 1.54) is 18.2 Å². The maximum absolute atomic E-state index is 12.2. The van der Waals surface area contributed by atoms with Crippen LogP contribution < -0.4 is 0 Å². The summed E-state index contributed by atoms with van der Waals surface area (Å²) in [4.78, 5) is 26.0. The molecule has 20 heavy (non-hydrogen) atoms. The van der Waals surface area contributed by atoms with Crippen molar-refractivity contribution >= 4 is 23.2 Å². The summed E-state index contributed by atoms with van der Waals surface area (Å²) in [7, 11) is 5.60. The molecule has 0 aliphatic carbocycles. The molecule has 6 nitrogen and oxygen atoms in total.